The minimum Gasteiger partial charge on any atom is -0.338 e. The van der Waals surface area contributed by atoms with Gasteiger partial charge in [-0.25, -0.2) is 4.98 Å². The number of aromatic nitrogens is 2. The summed E-state index contributed by atoms with van der Waals surface area (Å²) < 4.78 is 0. The summed E-state index contributed by atoms with van der Waals surface area (Å²) in [5.41, 5.74) is 0.423. The lowest BCUT2D eigenvalue weighted by Gasteiger charge is -2.21. The van der Waals surface area contributed by atoms with E-state index in [0.29, 0.717) is 17.4 Å². The smallest absolute Gasteiger partial charge is 0.264 e. The Morgan fingerprint density at radius 2 is 2.05 bits per heavy atom. The average Bonchev–Trinajstić information content (AvgIpc) is 2.62. The van der Waals surface area contributed by atoms with Gasteiger partial charge in [0.15, 0.2) is 0 Å². The van der Waals surface area contributed by atoms with Crippen LogP contribution in [0.2, 0.25) is 0 Å². The first kappa shape index (κ1) is 15.7. The van der Waals surface area contributed by atoms with E-state index in [9.17, 15) is 9.59 Å². The molecule has 2 rings (SSSR count). The van der Waals surface area contributed by atoms with E-state index in [1.54, 1.807) is 11.8 Å². The lowest BCUT2D eigenvalue weighted by Crippen LogP contribution is -2.37. The van der Waals surface area contributed by atoms with Crippen molar-refractivity contribution in [1.29, 1.82) is 0 Å². The molecule has 1 saturated heterocycles. The molecule has 116 valence electrons. The van der Waals surface area contributed by atoms with Gasteiger partial charge in [0.1, 0.15) is 11.4 Å². The number of carbonyl (C=O) groups excluding carboxylic acids is 1. The summed E-state index contributed by atoms with van der Waals surface area (Å²) in [5, 5.41) is 0. The first-order valence-corrected chi connectivity index (χ1v) is 7.80. The molecular formula is C16H25N3O2. The number of hydrogen-bond donors (Lipinski definition) is 1. The van der Waals surface area contributed by atoms with Gasteiger partial charge in [0.2, 0.25) is 0 Å². The predicted octanol–water partition coefficient (Wildman–Crippen LogP) is 2.46. The summed E-state index contributed by atoms with van der Waals surface area (Å²) >= 11 is 0. The van der Waals surface area contributed by atoms with Gasteiger partial charge in [-0.15, -0.1) is 0 Å². The highest BCUT2D eigenvalue weighted by Crippen LogP contribution is 2.18. The number of aromatic amines is 1. The normalized spacial score (nSPS) is 19.7. The maximum Gasteiger partial charge on any atom is 0.264 e. The molecule has 21 heavy (non-hydrogen) atoms. The monoisotopic (exact) mass is 291 g/mol. The van der Waals surface area contributed by atoms with Crippen LogP contribution in [0.3, 0.4) is 0 Å². The zero-order valence-electron chi connectivity index (χ0n) is 13.4. The number of carbonyl (C=O) groups is 1. The van der Waals surface area contributed by atoms with Crippen LogP contribution in [-0.4, -0.2) is 33.9 Å². The highest BCUT2D eigenvalue weighted by Gasteiger charge is 2.24. The molecule has 0 bridgehead atoms. The van der Waals surface area contributed by atoms with Crippen molar-refractivity contribution < 1.29 is 4.79 Å². The number of likely N-dealkylation sites (tertiary alicyclic amines) is 1. The number of rotatable bonds is 2. The number of H-pyrrole nitrogens is 1. The topological polar surface area (TPSA) is 66.1 Å². The Bertz CT molecular complexity index is 577. The summed E-state index contributed by atoms with van der Waals surface area (Å²) in [6.45, 7) is 9.35. The van der Waals surface area contributed by atoms with Crippen LogP contribution in [0.5, 0.6) is 0 Å². The third kappa shape index (κ3) is 3.52. The lowest BCUT2D eigenvalue weighted by molar-refractivity contribution is 0.0757. The molecule has 1 aliphatic rings. The van der Waals surface area contributed by atoms with E-state index < -0.39 is 0 Å². The van der Waals surface area contributed by atoms with Crippen LogP contribution in [-0.2, 0) is 0 Å². The molecule has 0 spiro atoms. The van der Waals surface area contributed by atoms with Crippen molar-refractivity contribution in [2.24, 2.45) is 5.92 Å². The Morgan fingerprint density at radius 1 is 1.33 bits per heavy atom. The van der Waals surface area contributed by atoms with E-state index in [1.165, 1.54) is 0 Å². The maximum absolute atomic E-state index is 12.6. The first-order chi connectivity index (χ1) is 9.90. The van der Waals surface area contributed by atoms with Crippen LogP contribution in [0.25, 0.3) is 0 Å². The van der Waals surface area contributed by atoms with Crippen molar-refractivity contribution >= 4 is 5.91 Å². The molecule has 1 aromatic rings. The molecule has 1 aliphatic heterocycles. The van der Waals surface area contributed by atoms with Crippen molar-refractivity contribution in [2.45, 2.75) is 52.9 Å². The highest BCUT2D eigenvalue weighted by molar-refractivity contribution is 5.94. The molecule has 0 saturated carbocycles. The number of hydrogen-bond acceptors (Lipinski definition) is 3. The zero-order chi connectivity index (χ0) is 15.6. The van der Waals surface area contributed by atoms with Crippen molar-refractivity contribution in [3.63, 3.8) is 0 Å². The van der Waals surface area contributed by atoms with Crippen molar-refractivity contribution in [2.75, 3.05) is 13.1 Å². The fourth-order valence-corrected chi connectivity index (χ4v) is 2.76. The molecule has 1 atom stereocenters. The third-order valence-corrected chi connectivity index (χ3v) is 4.18. The molecule has 1 fully saturated rings. The maximum atomic E-state index is 12.6. The molecule has 5 nitrogen and oxygen atoms in total. The van der Waals surface area contributed by atoms with Crippen molar-refractivity contribution in [1.82, 2.24) is 14.9 Å². The van der Waals surface area contributed by atoms with E-state index in [2.05, 4.69) is 16.9 Å². The van der Waals surface area contributed by atoms with Crippen LogP contribution < -0.4 is 5.56 Å². The predicted molar refractivity (Wildman–Crippen MR) is 82.6 cm³/mol. The number of nitrogens with zero attached hydrogens (tertiary/aromatic N) is 2. The van der Waals surface area contributed by atoms with Gasteiger partial charge in [0, 0.05) is 19.0 Å². The van der Waals surface area contributed by atoms with Gasteiger partial charge < -0.3 is 9.88 Å². The Balaban J connectivity index is 2.29. The van der Waals surface area contributed by atoms with Gasteiger partial charge in [-0.2, -0.15) is 0 Å². The average molecular weight is 291 g/mol. The second-order valence-corrected chi connectivity index (χ2v) is 6.39. The van der Waals surface area contributed by atoms with E-state index in [-0.39, 0.29) is 22.9 Å². The van der Waals surface area contributed by atoms with Crippen LogP contribution in [0.1, 0.15) is 67.8 Å². The first-order valence-electron chi connectivity index (χ1n) is 7.80. The SMILES string of the molecule is Cc1nc(C(C)C)[nH]c(=O)c1C(=O)N1CCC[C@@H](C)CC1. The number of amides is 1. The van der Waals surface area contributed by atoms with Crippen molar-refractivity contribution in [3.05, 3.63) is 27.4 Å². The van der Waals surface area contributed by atoms with Gasteiger partial charge in [-0.1, -0.05) is 20.8 Å². The van der Waals surface area contributed by atoms with Gasteiger partial charge in [-0.05, 0) is 32.1 Å². The molecule has 0 aliphatic carbocycles. The summed E-state index contributed by atoms with van der Waals surface area (Å²) in [5.74, 6) is 1.24. The Kier molecular flexibility index (Phi) is 4.80. The summed E-state index contributed by atoms with van der Waals surface area (Å²) in [7, 11) is 0. The molecule has 2 heterocycles. The Morgan fingerprint density at radius 3 is 2.67 bits per heavy atom. The molecule has 0 radical (unpaired) electrons. The zero-order valence-corrected chi connectivity index (χ0v) is 13.4. The molecule has 1 N–H and O–H groups in total. The standard InChI is InChI=1S/C16H25N3O2/c1-10(2)14-17-12(4)13(15(20)18-14)16(21)19-8-5-6-11(3)7-9-19/h10-11H,5-9H2,1-4H3,(H,17,18,20)/t11-/m1/s1. The van der Waals surface area contributed by atoms with Gasteiger partial charge in [0.05, 0.1) is 5.69 Å². The minimum atomic E-state index is -0.312. The fraction of sp³-hybridized carbons (Fsp3) is 0.688. The quantitative estimate of drug-likeness (QED) is 0.910. The second-order valence-electron chi connectivity index (χ2n) is 6.39. The summed E-state index contributed by atoms with van der Waals surface area (Å²) in [4.78, 5) is 33.8. The third-order valence-electron chi connectivity index (χ3n) is 4.18. The number of aryl methyl sites for hydroxylation is 1. The van der Waals surface area contributed by atoms with E-state index in [1.807, 2.05) is 13.8 Å². The van der Waals surface area contributed by atoms with Crippen LogP contribution >= 0.6 is 0 Å². The molecule has 0 aromatic carbocycles. The number of nitrogens with one attached hydrogen (secondary N) is 1. The highest BCUT2D eigenvalue weighted by atomic mass is 16.2. The fourth-order valence-electron chi connectivity index (χ4n) is 2.76. The van der Waals surface area contributed by atoms with E-state index >= 15 is 0 Å². The van der Waals surface area contributed by atoms with Gasteiger partial charge in [0.25, 0.3) is 11.5 Å². The lowest BCUT2D eigenvalue weighted by atomic mass is 10.0. The molecule has 0 unspecified atom stereocenters. The van der Waals surface area contributed by atoms with Crippen molar-refractivity contribution in [3.8, 4) is 0 Å². The van der Waals surface area contributed by atoms with Gasteiger partial charge >= 0.3 is 0 Å². The Labute approximate surface area is 125 Å². The summed E-state index contributed by atoms with van der Waals surface area (Å²) in [6, 6.07) is 0. The molecule has 1 aromatic heterocycles. The van der Waals surface area contributed by atoms with Crippen LogP contribution in [0.4, 0.5) is 0 Å². The van der Waals surface area contributed by atoms with Crippen LogP contribution in [0, 0.1) is 12.8 Å². The van der Waals surface area contributed by atoms with Gasteiger partial charge in [-0.3, -0.25) is 9.59 Å². The molecular weight excluding hydrogens is 266 g/mol. The van der Waals surface area contributed by atoms with E-state index in [4.69, 9.17) is 0 Å². The minimum absolute atomic E-state index is 0.139. The van der Waals surface area contributed by atoms with Crippen LogP contribution in [0.15, 0.2) is 4.79 Å². The second kappa shape index (κ2) is 6.41. The molecule has 5 heteroatoms. The van der Waals surface area contributed by atoms with E-state index in [0.717, 1.165) is 32.4 Å². The largest absolute Gasteiger partial charge is 0.338 e. The Hall–Kier alpha value is -1.65. The molecule has 1 amide bonds. The summed E-state index contributed by atoms with van der Waals surface area (Å²) in [6.07, 6.45) is 3.14.